The molecule has 19 heavy (non-hydrogen) atoms. The van der Waals surface area contributed by atoms with Crippen LogP contribution in [0.4, 0.5) is 0 Å². The molecule has 0 heterocycles. The summed E-state index contributed by atoms with van der Waals surface area (Å²) in [7, 11) is 1.27. The van der Waals surface area contributed by atoms with E-state index in [2.05, 4.69) is 32.6 Å². The standard InChI is InChI=1S/C13H14INO4/c1-19-12(17)7-6-9(16)8-15-13(18)10-4-2-3-5-11(10)14/h2-5H,6-8H2,1H3,(H,15,18). The van der Waals surface area contributed by atoms with Crippen molar-refractivity contribution in [2.45, 2.75) is 12.8 Å². The number of nitrogens with one attached hydrogen (secondary N) is 1. The Morgan fingerprint density at radius 3 is 2.53 bits per heavy atom. The molecule has 5 nitrogen and oxygen atoms in total. The second-order valence-corrected chi connectivity index (χ2v) is 4.94. The average Bonchev–Trinajstić information content (AvgIpc) is 2.42. The number of methoxy groups -OCH3 is 1. The topological polar surface area (TPSA) is 72.5 Å². The Balaban J connectivity index is 2.40. The van der Waals surface area contributed by atoms with E-state index < -0.39 is 5.97 Å². The number of amides is 1. The number of ketones is 1. The molecule has 0 spiro atoms. The number of ether oxygens (including phenoxy) is 1. The molecule has 0 aromatic heterocycles. The largest absolute Gasteiger partial charge is 0.469 e. The summed E-state index contributed by atoms with van der Waals surface area (Å²) in [5.41, 5.74) is 0.531. The Hall–Kier alpha value is -1.44. The monoisotopic (exact) mass is 375 g/mol. The molecule has 0 aliphatic rings. The van der Waals surface area contributed by atoms with E-state index in [1.165, 1.54) is 7.11 Å². The van der Waals surface area contributed by atoms with Gasteiger partial charge in [0.1, 0.15) is 0 Å². The highest BCUT2D eigenvalue weighted by Crippen LogP contribution is 2.10. The summed E-state index contributed by atoms with van der Waals surface area (Å²) < 4.78 is 5.25. The lowest BCUT2D eigenvalue weighted by molar-refractivity contribution is -0.141. The van der Waals surface area contributed by atoms with E-state index >= 15 is 0 Å². The molecular weight excluding hydrogens is 361 g/mol. The van der Waals surface area contributed by atoms with E-state index in [-0.39, 0.29) is 31.1 Å². The number of Topliss-reactive ketones (excluding diaryl/α,β-unsaturated/α-hetero) is 1. The minimum absolute atomic E-state index is 0.0358. The number of hydrogen-bond acceptors (Lipinski definition) is 4. The number of halogens is 1. The van der Waals surface area contributed by atoms with Gasteiger partial charge in [0.05, 0.1) is 25.6 Å². The molecule has 0 fully saturated rings. The maximum atomic E-state index is 11.8. The van der Waals surface area contributed by atoms with Gasteiger partial charge in [0.25, 0.3) is 5.91 Å². The third-order valence-electron chi connectivity index (χ3n) is 2.40. The Morgan fingerprint density at radius 1 is 1.21 bits per heavy atom. The van der Waals surface area contributed by atoms with Gasteiger partial charge < -0.3 is 10.1 Å². The summed E-state index contributed by atoms with van der Waals surface area (Å²) >= 11 is 2.06. The van der Waals surface area contributed by atoms with Gasteiger partial charge in [-0.15, -0.1) is 0 Å². The Morgan fingerprint density at radius 2 is 1.89 bits per heavy atom. The third kappa shape index (κ3) is 5.37. The second kappa shape index (κ2) is 7.88. The second-order valence-electron chi connectivity index (χ2n) is 3.78. The highest BCUT2D eigenvalue weighted by molar-refractivity contribution is 14.1. The molecular formula is C13H14INO4. The van der Waals surface area contributed by atoms with Gasteiger partial charge in [-0.2, -0.15) is 0 Å². The summed E-state index contributed by atoms with van der Waals surface area (Å²) in [5, 5.41) is 2.54. The van der Waals surface area contributed by atoms with Crippen molar-refractivity contribution in [1.29, 1.82) is 0 Å². The molecule has 0 atom stereocenters. The van der Waals surface area contributed by atoms with Crippen molar-refractivity contribution in [1.82, 2.24) is 5.32 Å². The first kappa shape index (κ1) is 15.6. The van der Waals surface area contributed by atoms with Gasteiger partial charge in [0.2, 0.25) is 0 Å². The lowest BCUT2D eigenvalue weighted by Crippen LogP contribution is -2.30. The molecule has 0 unspecified atom stereocenters. The van der Waals surface area contributed by atoms with Crippen LogP contribution in [0.3, 0.4) is 0 Å². The van der Waals surface area contributed by atoms with Crippen LogP contribution in [0.1, 0.15) is 23.2 Å². The molecule has 0 saturated carbocycles. The molecule has 0 saturated heterocycles. The average molecular weight is 375 g/mol. The zero-order valence-electron chi connectivity index (χ0n) is 10.4. The fourth-order valence-corrected chi connectivity index (χ4v) is 1.98. The van der Waals surface area contributed by atoms with Crippen molar-refractivity contribution < 1.29 is 19.1 Å². The van der Waals surface area contributed by atoms with Crippen LogP contribution in [0.5, 0.6) is 0 Å². The molecule has 1 N–H and O–H groups in total. The minimum atomic E-state index is -0.433. The molecule has 0 radical (unpaired) electrons. The molecule has 102 valence electrons. The van der Waals surface area contributed by atoms with Gasteiger partial charge in [-0.25, -0.2) is 0 Å². The number of hydrogen-bond donors (Lipinski definition) is 1. The fourth-order valence-electron chi connectivity index (χ4n) is 1.35. The van der Waals surface area contributed by atoms with E-state index in [0.29, 0.717) is 5.56 Å². The lowest BCUT2D eigenvalue weighted by atomic mass is 10.2. The van der Waals surface area contributed by atoms with Crippen molar-refractivity contribution >= 4 is 40.3 Å². The fraction of sp³-hybridized carbons (Fsp3) is 0.308. The first-order chi connectivity index (χ1) is 9.04. The van der Waals surface area contributed by atoms with Crippen LogP contribution in [-0.2, 0) is 14.3 Å². The van der Waals surface area contributed by atoms with E-state index in [1.807, 2.05) is 12.1 Å². The molecule has 0 aliphatic heterocycles. The molecule has 0 aliphatic carbocycles. The SMILES string of the molecule is COC(=O)CCC(=O)CNC(=O)c1ccccc1I. The lowest BCUT2D eigenvalue weighted by Gasteiger charge is -2.06. The highest BCUT2D eigenvalue weighted by Gasteiger charge is 2.11. The molecule has 0 bridgehead atoms. The van der Waals surface area contributed by atoms with Crippen molar-refractivity contribution in [3.8, 4) is 0 Å². The van der Waals surface area contributed by atoms with Gasteiger partial charge in [-0.1, -0.05) is 12.1 Å². The Kier molecular flexibility index (Phi) is 6.48. The van der Waals surface area contributed by atoms with Crippen molar-refractivity contribution in [3.05, 3.63) is 33.4 Å². The zero-order valence-corrected chi connectivity index (χ0v) is 12.6. The minimum Gasteiger partial charge on any atom is -0.469 e. The normalized spacial score (nSPS) is 9.79. The quantitative estimate of drug-likeness (QED) is 0.605. The highest BCUT2D eigenvalue weighted by atomic mass is 127. The van der Waals surface area contributed by atoms with E-state index in [4.69, 9.17) is 0 Å². The first-order valence-electron chi connectivity index (χ1n) is 5.66. The van der Waals surface area contributed by atoms with Crippen LogP contribution in [0.2, 0.25) is 0 Å². The summed E-state index contributed by atoms with van der Waals surface area (Å²) in [5.74, 6) is -0.932. The molecule has 1 rings (SSSR count). The maximum Gasteiger partial charge on any atom is 0.305 e. The van der Waals surface area contributed by atoms with Gasteiger partial charge in [0.15, 0.2) is 5.78 Å². The number of carbonyl (C=O) groups is 3. The van der Waals surface area contributed by atoms with Crippen molar-refractivity contribution in [2.75, 3.05) is 13.7 Å². The smallest absolute Gasteiger partial charge is 0.305 e. The van der Waals surface area contributed by atoms with Crippen LogP contribution in [0, 0.1) is 3.57 Å². The van der Waals surface area contributed by atoms with E-state index in [0.717, 1.165) is 3.57 Å². The zero-order chi connectivity index (χ0) is 14.3. The third-order valence-corrected chi connectivity index (χ3v) is 3.34. The number of benzene rings is 1. The van der Waals surface area contributed by atoms with Gasteiger partial charge in [-0.05, 0) is 34.7 Å². The van der Waals surface area contributed by atoms with Crippen LogP contribution in [0.15, 0.2) is 24.3 Å². The molecule has 1 aromatic rings. The van der Waals surface area contributed by atoms with Crippen molar-refractivity contribution in [2.24, 2.45) is 0 Å². The van der Waals surface area contributed by atoms with Crippen LogP contribution >= 0.6 is 22.6 Å². The van der Waals surface area contributed by atoms with Crippen LogP contribution < -0.4 is 5.32 Å². The van der Waals surface area contributed by atoms with Crippen molar-refractivity contribution in [3.63, 3.8) is 0 Å². The number of esters is 1. The Bertz CT molecular complexity index is 487. The Labute approximate surface area is 124 Å². The number of rotatable bonds is 6. The summed E-state index contributed by atoms with van der Waals surface area (Å²) in [6.45, 7) is -0.0825. The van der Waals surface area contributed by atoms with E-state index in [9.17, 15) is 14.4 Å². The molecule has 6 heteroatoms. The molecule has 1 amide bonds. The van der Waals surface area contributed by atoms with Gasteiger partial charge >= 0.3 is 5.97 Å². The predicted molar refractivity (Wildman–Crippen MR) is 77.7 cm³/mol. The number of carbonyl (C=O) groups excluding carboxylic acids is 3. The molecule has 1 aromatic carbocycles. The maximum absolute atomic E-state index is 11.8. The van der Waals surface area contributed by atoms with Gasteiger partial charge in [0, 0.05) is 9.99 Å². The summed E-state index contributed by atoms with van der Waals surface area (Å²) in [6, 6.07) is 7.10. The predicted octanol–water partition coefficient (Wildman–Crippen LogP) is 1.54. The first-order valence-corrected chi connectivity index (χ1v) is 6.73. The van der Waals surface area contributed by atoms with Crippen LogP contribution in [0.25, 0.3) is 0 Å². The summed E-state index contributed by atoms with van der Waals surface area (Å²) in [4.78, 5) is 34.1. The van der Waals surface area contributed by atoms with Gasteiger partial charge in [-0.3, -0.25) is 14.4 Å². The van der Waals surface area contributed by atoms with E-state index in [1.54, 1.807) is 12.1 Å². The summed E-state index contributed by atoms with van der Waals surface area (Å²) in [6.07, 6.45) is 0.104. The van der Waals surface area contributed by atoms with Crippen LogP contribution in [-0.4, -0.2) is 31.3 Å².